The fraction of sp³-hybridized carbons (Fsp3) is 0.333. The van der Waals surface area contributed by atoms with Crippen molar-refractivity contribution in [2.24, 2.45) is 0 Å². The summed E-state index contributed by atoms with van der Waals surface area (Å²) < 4.78 is 41.9. The van der Waals surface area contributed by atoms with Crippen molar-refractivity contribution in [2.45, 2.75) is 42.9 Å². The molecule has 0 bridgehead atoms. The van der Waals surface area contributed by atoms with Gasteiger partial charge < -0.3 is 4.98 Å². The summed E-state index contributed by atoms with van der Waals surface area (Å²) in [4.78, 5) is 4.33. The summed E-state index contributed by atoms with van der Waals surface area (Å²) >= 11 is 1.32. The van der Waals surface area contributed by atoms with Gasteiger partial charge in [0.1, 0.15) is 10.0 Å². The number of H-pyrrole nitrogens is 1. The minimum absolute atomic E-state index is 0.145. The van der Waals surface area contributed by atoms with E-state index in [4.69, 9.17) is 0 Å². The van der Waals surface area contributed by atoms with Gasteiger partial charge >= 0.3 is 0 Å². The highest BCUT2D eigenvalue weighted by Crippen LogP contribution is 2.30. The number of sulfonamides is 1. The maximum absolute atomic E-state index is 13.4. The maximum Gasteiger partial charge on any atom is 0.250 e. The summed E-state index contributed by atoms with van der Waals surface area (Å²) in [6.07, 6.45) is 2.93. The Labute approximate surface area is 150 Å². The van der Waals surface area contributed by atoms with Crippen molar-refractivity contribution < 1.29 is 12.8 Å². The van der Waals surface area contributed by atoms with Crippen molar-refractivity contribution in [3.8, 4) is 0 Å². The highest BCUT2D eigenvalue weighted by molar-refractivity contribution is 7.91. The predicted octanol–water partition coefficient (Wildman–Crippen LogP) is 3.77. The minimum atomic E-state index is -3.50. The molecule has 3 aromatic rings. The van der Waals surface area contributed by atoms with Crippen LogP contribution in [-0.2, 0) is 29.3 Å². The highest BCUT2D eigenvalue weighted by Gasteiger charge is 2.27. The summed E-state index contributed by atoms with van der Waals surface area (Å²) in [5.74, 6) is -0.271. The molecular formula is C18H19FN2O2S2. The minimum Gasteiger partial charge on any atom is -0.358 e. The van der Waals surface area contributed by atoms with Gasteiger partial charge in [0.15, 0.2) is 0 Å². The number of hydrogen-bond donors (Lipinski definition) is 2. The van der Waals surface area contributed by atoms with Gasteiger partial charge in [-0.25, -0.2) is 17.5 Å². The average molecular weight is 378 g/mol. The zero-order valence-corrected chi connectivity index (χ0v) is 15.4. The number of thiophene rings is 1. The quantitative estimate of drug-likeness (QED) is 0.726. The second-order valence-electron chi connectivity index (χ2n) is 6.41. The van der Waals surface area contributed by atoms with Crippen LogP contribution >= 0.6 is 11.3 Å². The topological polar surface area (TPSA) is 62.0 Å². The molecule has 2 N–H and O–H groups in total. The van der Waals surface area contributed by atoms with E-state index in [1.54, 1.807) is 12.1 Å². The first-order valence-electron chi connectivity index (χ1n) is 8.36. The van der Waals surface area contributed by atoms with Gasteiger partial charge in [0, 0.05) is 27.5 Å². The molecule has 25 heavy (non-hydrogen) atoms. The number of aryl methyl sites for hydroxylation is 2. The Hall–Kier alpha value is -1.70. The summed E-state index contributed by atoms with van der Waals surface area (Å²) in [6.45, 7) is 2.01. The molecule has 132 valence electrons. The molecule has 0 aliphatic heterocycles. The molecule has 0 saturated heterocycles. The van der Waals surface area contributed by atoms with Crippen LogP contribution in [0, 0.1) is 5.82 Å². The van der Waals surface area contributed by atoms with E-state index in [1.165, 1.54) is 23.5 Å². The Morgan fingerprint density at radius 2 is 2.16 bits per heavy atom. The summed E-state index contributed by atoms with van der Waals surface area (Å²) in [5.41, 5.74) is 2.95. The van der Waals surface area contributed by atoms with Crippen LogP contribution in [0.25, 0.3) is 10.9 Å². The number of benzene rings is 1. The molecule has 2 heterocycles. The second-order valence-corrected chi connectivity index (χ2v) is 9.52. The average Bonchev–Trinajstić information content (AvgIpc) is 3.18. The van der Waals surface area contributed by atoms with Crippen LogP contribution in [0.2, 0.25) is 0 Å². The van der Waals surface area contributed by atoms with Crippen molar-refractivity contribution in [3.63, 3.8) is 0 Å². The zero-order valence-electron chi connectivity index (χ0n) is 13.8. The van der Waals surface area contributed by atoms with E-state index in [9.17, 15) is 12.8 Å². The van der Waals surface area contributed by atoms with E-state index < -0.39 is 10.0 Å². The first-order valence-corrected chi connectivity index (χ1v) is 10.7. The lowest BCUT2D eigenvalue weighted by atomic mass is 9.92. The van der Waals surface area contributed by atoms with Crippen LogP contribution in [0.3, 0.4) is 0 Å². The molecule has 1 unspecified atom stereocenters. The Balaban J connectivity index is 1.59. The highest BCUT2D eigenvalue weighted by atomic mass is 32.2. The van der Waals surface area contributed by atoms with Crippen molar-refractivity contribution in [2.75, 3.05) is 0 Å². The molecule has 0 radical (unpaired) electrons. The Morgan fingerprint density at radius 3 is 2.92 bits per heavy atom. The zero-order chi connectivity index (χ0) is 17.6. The Kier molecular flexibility index (Phi) is 4.17. The monoisotopic (exact) mass is 378 g/mol. The number of fused-ring (bicyclic) bond motifs is 3. The molecule has 1 aliphatic rings. The number of aromatic amines is 1. The molecule has 0 fully saturated rings. The van der Waals surface area contributed by atoms with E-state index in [2.05, 4.69) is 9.71 Å². The van der Waals surface area contributed by atoms with Crippen LogP contribution in [-0.4, -0.2) is 19.4 Å². The lowest BCUT2D eigenvalue weighted by Crippen LogP contribution is -2.38. The standard InChI is InChI=1S/C18H19FN2O2S2/c1-2-13-5-8-18(24-13)25(22,23)21-12-4-7-16-15(10-12)14-6-3-11(19)9-17(14)20-16/h3,5-6,8-9,12,20-21H,2,4,7,10H2,1H3. The van der Waals surface area contributed by atoms with E-state index in [1.807, 2.05) is 13.0 Å². The van der Waals surface area contributed by atoms with Crippen molar-refractivity contribution in [1.82, 2.24) is 9.71 Å². The third-order valence-electron chi connectivity index (χ3n) is 4.72. The number of hydrogen-bond acceptors (Lipinski definition) is 3. The number of aromatic nitrogens is 1. The van der Waals surface area contributed by atoms with E-state index in [0.29, 0.717) is 10.6 Å². The number of halogens is 1. The van der Waals surface area contributed by atoms with E-state index in [-0.39, 0.29) is 11.9 Å². The molecular weight excluding hydrogens is 359 g/mol. The van der Waals surface area contributed by atoms with Crippen molar-refractivity contribution in [3.05, 3.63) is 52.3 Å². The second kappa shape index (κ2) is 6.23. The number of rotatable bonds is 4. The fourth-order valence-electron chi connectivity index (χ4n) is 3.47. The molecule has 4 nitrogen and oxygen atoms in total. The van der Waals surface area contributed by atoms with Crippen LogP contribution in [0.5, 0.6) is 0 Å². The maximum atomic E-state index is 13.4. The van der Waals surface area contributed by atoms with Gasteiger partial charge in [-0.3, -0.25) is 0 Å². The molecule has 4 rings (SSSR count). The lowest BCUT2D eigenvalue weighted by Gasteiger charge is -2.23. The Morgan fingerprint density at radius 1 is 1.32 bits per heavy atom. The predicted molar refractivity (Wildman–Crippen MR) is 98.1 cm³/mol. The van der Waals surface area contributed by atoms with Gasteiger partial charge in [-0.2, -0.15) is 0 Å². The van der Waals surface area contributed by atoms with Gasteiger partial charge in [-0.05, 0) is 61.6 Å². The largest absolute Gasteiger partial charge is 0.358 e. The van der Waals surface area contributed by atoms with Gasteiger partial charge in [0.2, 0.25) is 10.0 Å². The fourth-order valence-corrected chi connectivity index (χ4v) is 6.05. The van der Waals surface area contributed by atoms with Crippen LogP contribution < -0.4 is 4.72 Å². The smallest absolute Gasteiger partial charge is 0.250 e. The molecule has 0 amide bonds. The SMILES string of the molecule is CCc1ccc(S(=O)(=O)NC2CCc3[nH]c4cc(F)ccc4c3C2)s1. The summed E-state index contributed by atoms with van der Waals surface area (Å²) in [6, 6.07) is 8.10. The molecule has 1 atom stereocenters. The molecule has 2 aromatic heterocycles. The van der Waals surface area contributed by atoms with Gasteiger partial charge in [0.25, 0.3) is 0 Å². The normalized spacial score (nSPS) is 17.8. The van der Waals surface area contributed by atoms with Crippen molar-refractivity contribution in [1.29, 1.82) is 0 Å². The summed E-state index contributed by atoms with van der Waals surface area (Å²) in [7, 11) is -3.50. The molecule has 7 heteroatoms. The van der Waals surface area contributed by atoms with Crippen molar-refractivity contribution >= 4 is 32.3 Å². The summed E-state index contributed by atoms with van der Waals surface area (Å²) in [5, 5.41) is 0.977. The third-order valence-corrected chi connectivity index (χ3v) is 7.96. The third kappa shape index (κ3) is 3.12. The molecule has 0 saturated carbocycles. The Bertz CT molecular complexity index is 1040. The van der Waals surface area contributed by atoms with E-state index >= 15 is 0 Å². The molecule has 1 aromatic carbocycles. The lowest BCUT2D eigenvalue weighted by molar-refractivity contribution is 0.507. The van der Waals surface area contributed by atoms with Crippen LogP contribution in [0.4, 0.5) is 4.39 Å². The first kappa shape index (κ1) is 16.8. The van der Waals surface area contributed by atoms with Crippen LogP contribution in [0.1, 0.15) is 29.5 Å². The van der Waals surface area contributed by atoms with Gasteiger partial charge in [0.05, 0.1) is 0 Å². The van der Waals surface area contributed by atoms with Gasteiger partial charge in [-0.1, -0.05) is 6.92 Å². The molecule has 1 aliphatic carbocycles. The van der Waals surface area contributed by atoms with Crippen LogP contribution in [0.15, 0.2) is 34.5 Å². The number of nitrogens with one attached hydrogen (secondary N) is 2. The first-order chi connectivity index (χ1) is 12.0. The molecule has 0 spiro atoms. The van der Waals surface area contributed by atoms with Gasteiger partial charge in [-0.15, -0.1) is 11.3 Å². The van der Waals surface area contributed by atoms with E-state index in [0.717, 1.165) is 46.3 Å².